The van der Waals surface area contributed by atoms with E-state index in [0.29, 0.717) is 24.2 Å². The Hall–Kier alpha value is -2.22. The van der Waals surface area contributed by atoms with E-state index in [4.69, 9.17) is 10.8 Å². The van der Waals surface area contributed by atoms with Crippen LogP contribution in [0.15, 0.2) is 0 Å². The molecule has 0 aliphatic carbocycles. The van der Waals surface area contributed by atoms with Crippen molar-refractivity contribution in [2.75, 3.05) is 23.3 Å². The normalized spacial score (nSPS) is 24.1. The van der Waals surface area contributed by atoms with E-state index in [0.717, 1.165) is 6.42 Å². The standard InChI is InChI=1S/C14H17FN4O3/c1-6-8-4-9(14(21)22)13(20)18-11(8)17-12(10(6)15)19-3-2-7(16)5-19/h7,9H,2-5,16H2,1H3,(H,21,22)(H,17,18,20)/t7-,9?/m1/s1. The van der Waals surface area contributed by atoms with Gasteiger partial charge in [-0.1, -0.05) is 0 Å². The Kier molecular flexibility index (Phi) is 3.48. The summed E-state index contributed by atoms with van der Waals surface area (Å²) in [5.41, 5.74) is 6.60. The first-order valence-electron chi connectivity index (χ1n) is 7.11. The van der Waals surface area contributed by atoms with E-state index in [1.54, 1.807) is 11.8 Å². The number of pyridine rings is 1. The highest BCUT2D eigenvalue weighted by Gasteiger charge is 2.36. The first-order valence-corrected chi connectivity index (χ1v) is 7.11. The van der Waals surface area contributed by atoms with Gasteiger partial charge in [0, 0.05) is 24.7 Å². The summed E-state index contributed by atoms with van der Waals surface area (Å²) in [5.74, 6) is -3.12. The Morgan fingerprint density at radius 1 is 1.55 bits per heavy atom. The number of hydrogen-bond acceptors (Lipinski definition) is 5. The topological polar surface area (TPSA) is 109 Å². The molecule has 0 spiro atoms. The number of carbonyl (C=O) groups excluding carboxylic acids is 1. The molecule has 1 saturated heterocycles. The Balaban J connectivity index is 2.02. The van der Waals surface area contributed by atoms with E-state index in [9.17, 15) is 14.0 Å². The monoisotopic (exact) mass is 308 g/mol. The van der Waals surface area contributed by atoms with E-state index in [1.165, 1.54) is 0 Å². The lowest BCUT2D eigenvalue weighted by Gasteiger charge is -2.26. The molecule has 0 bridgehead atoms. The Bertz CT molecular complexity index is 664. The van der Waals surface area contributed by atoms with Crippen LogP contribution in [0.25, 0.3) is 0 Å². The van der Waals surface area contributed by atoms with Crippen molar-refractivity contribution in [3.05, 3.63) is 16.9 Å². The average molecular weight is 308 g/mol. The number of hydrogen-bond donors (Lipinski definition) is 3. The van der Waals surface area contributed by atoms with Crippen LogP contribution in [0.2, 0.25) is 0 Å². The van der Waals surface area contributed by atoms with Crippen LogP contribution in [0.3, 0.4) is 0 Å². The molecule has 8 heteroatoms. The summed E-state index contributed by atoms with van der Waals surface area (Å²) in [6.45, 7) is 2.69. The van der Waals surface area contributed by atoms with Gasteiger partial charge in [0.05, 0.1) is 0 Å². The minimum atomic E-state index is -1.22. The second kappa shape index (κ2) is 5.20. The molecular weight excluding hydrogens is 291 g/mol. The molecule has 1 unspecified atom stereocenters. The summed E-state index contributed by atoms with van der Waals surface area (Å²) in [6.07, 6.45) is 0.705. The first kappa shape index (κ1) is 14.7. The second-order valence-electron chi connectivity index (χ2n) is 5.78. The maximum atomic E-state index is 14.6. The molecule has 0 radical (unpaired) electrons. The molecule has 4 N–H and O–H groups in total. The molecule has 2 aliphatic rings. The fourth-order valence-corrected chi connectivity index (χ4v) is 2.94. The molecule has 2 aliphatic heterocycles. The number of nitrogens with zero attached hydrogens (tertiary/aromatic N) is 2. The third kappa shape index (κ3) is 2.29. The largest absolute Gasteiger partial charge is 0.481 e. The molecule has 2 atom stereocenters. The van der Waals surface area contributed by atoms with Crippen LogP contribution in [0.5, 0.6) is 0 Å². The van der Waals surface area contributed by atoms with E-state index < -0.39 is 23.6 Å². The molecule has 1 amide bonds. The summed E-state index contributed by atoms with van der Waals surface area (Å²) in [7, 11) is 0. The highest BCUT2D eigenvalue weighted by molar-refractivity contribution is 6.06. The number of anilines is 2. The van der Waals surface area contributed by atoms with Gasteiger partial charge in [-0.15, -0.1) is 0 Å². The summed E-state index contributed by atoms with van der Waals surface area (Å²) < 4.78 is 14.6. The average Bonchev–Trinajstić information content (AvgIpc) is 2.88. The maximum Gasteiger partial charge on any atom is 0.316 e. The SMILES string of the molecule is Cc1c(F)c(N2CC[C@@H](N)C2)nc2c1CC(C(=O)O)C(=O)N2. The van der Waals surface area contributed by atoms with Crippen LogP contribution >= 0.6 is 0 Å². The van der Waals surface area contributed by atoms with Crippen LogP contribution in [-0.4, -0.2) is 41.1 Å². The summed E-state index contributed by atoms with van der Waals surface area (Å²) in [6, 6.07) is -0.0245. The van der Waals surface area contributed by atoms with Gasteiger partial charge in [-0.25, -0.2) is 9.37 Å². The number of amides is 1. The third-order valence-electron chi connectivity index (χ3n) is 4.27. The molecule has 3 rings (SSSR count). The van der Waals surface area contributed by atoms with Crippen LogP contribution in [-0.2, 0) is 16.0 Å². The lowest BCUT2D eigenvalue weighted by molar-refractivity contribution is -0.145. The number of rotatable bonds is 2. The van der Waals surface area contributed by atoms with Gasteiger partial charge < -0.3 is 21.1 Å². The number of carboxylic acids is 1. The number of halogens is 1. The van der Waals surface area contributed by atoms with Crippen molar-refractivity contribution in [2.45, 2.75) is 25.8 Å². The van der Waals surface area contributed by atoms with E-state index in [1.807, 2.05) is 0 Å². The zero-order chi connectivity index (χ0) is 16.0. The highest BCUT2D eigenvalue weighted by Crippen LogP contribution is 2.33. The predicted octanol–water partition coefficient (Wildman–Crippen LogP) is 0.262. The van der Waals surface area contributed by atoms with Crippen molar-refractivity contribution in [1.29, 1.82) is 0 Å². The van der Waals surface area contributed by atoms with Crippen molar-refractivity contribution in [1.82, 2.24) is 4.98 Å². The molecule has 0 aromatic carbocycles. The van der Waals surface area contributed by atoms with Crippen molar-refractivity contribution >= 4 is 23.5 Å². The Morgan fingerprint density at radius 3 is 2.86 bits per heavy atom. The van der Waals surface area contributed by atoms with Crippen molar-refractivity contribution < 1.29 is 19.1 Å². The predicted molar refractivity (Wildman–Crippen MR) is 77.2 cm³/mol. The minimum Gasteiger partial charge on any atom is -0.481 e. The molecule has 1 aromatic rings. The quantitative estimate of drug-likeness (QED) is 0.676. The van der Waals surface area contributed by atoms with Gasteiger partial charge in [0.1, 0.15) is 11.7 Å². The van der Waals surface area contributed by atoms with Gasteiger partial charge in [-0.2, -0.15) is 0 Å². The van der Waals surface area contributed by atoms with Crippen molar-refractivity contribution in [3.63, 3.8) is 0 Å². The van der Waals surface area contributed by atoms with Gasteiger partial charge in [-0.3, -0.25) is 9.59 Å². The van der Waals surface area contributed by atoms with E-state index >= 15 is 0 Å². The van der Waals surface area contributed by atoms with Gasteiger partial charge in [0.25, 0.3) is 0 Å². The first-order chi connectivity index (χ1) is 10.4. The zero-order valence-electron chi connectivity index (χ0n) is 12.1. The fraction of sp³-hybridized carbons (Fsp3) is 0.500. The number of nitrogens with one attached hydrogen (secondary N) is 1. The molecular formula is C14H17FN4O3. The molecule has 3 heterocycles. The van der Waals surface area contributed by atoms with Gasteiger partial charge in [0.15, 0.2) is 11.6 Å². The van der Waals surface area contributed by atoms with Crippen LogP contribution in [0.1, 0.15) is 17.5 Å². The van der Waals surface area contributed by atoms with Crippen molar-refractivity contribution in [3.8, 4) is 0 Å². The van der Waals surface area contributed by atoms with Crippen LogP contribution < -0.4 is 16.0 Å². The number of carbonyl (C=O) groups is 2. The summed E-state index contributed by atoms with van der Waals surface area (Å²) in [4.78, 5) is 28.9. The Morgan fingerprint density at radius 2 is 2.27 bits per heavy atom. The summed E-state index contributed by atoms with van der Waals surface area (Å²) in [5, 5.41) is 11.5. The van der Waals surface area contributed by atoms with Crippen LogP contribution in [0.4, 0.5) is 16.0 Å². The second-order valence-corrected chi connectivity index (χ2v) is 5.78. The molecule has 22 heavy (non-hydrogen) atoms. The van der Waals surface area contributed by atoms with Crippen molar-refractivity contribution in [2.24, 2.45) is 11.7 Å². The molecule has 1 aromatic heterocycles. The Labute approximate surface area is 126 Å². The molecule has 118 valence electrons. The molecule has 1 fully saturated rings. The summed E-state index contributed by atoms with van der Waals surface area (Å²) >= 11 is 0. The minimum absolute atomic E-state index is 0.0245. The lowest BCUT2D eigenvalue weighted by atomic mass is 9.92. The smallest absolute Gasteiger partial charge is 0.316 e. The van der Waals surface area contributed by atoms with Gasteiger partial charge in [0.2, 0.25) is 5.91 Å². The number of aliphatic carboxylic acids is 1. The lowest BCUT2D eigenvalue weighted by Crippen LogP contribution is -2.37. The van der Waals surface area contributed by atoms with Gasteiger partial charge >= 0.3 is 5.97 Å². The zero-order valence-corrected chi connectivity index (χ0v) is 12.1. The third-order valence-corrected chi connectivity index (χ3v) is 4.27. The van der Waals surface area contributed by atoms with Gasteiger partial charge in [-0.05, 0) is 25.3 Å². The van der Waals surface area contributed by atoms with E-state index in [-0.39, 0.29) is 24.1 Å². The molecule has 0 saturated carbocycles. The number of carboxylic acid groups (broad SMARTS) is 1. The maximum absolute atomic E-state index is 14.6. The number of nitrogens with two attached hydrogens (primary N) is 1. The van der Waals surface area contributed by atoms with Crippen LogP contribution in [0, 0.1) is 18.7 Å². The highest BCUT2D eigenvalue weighted by atomic mass is 19.1. The number of fused-ring (bicyclic) bond motifs is 1. The molecule has 7 nitrogen and oxygen atoms in total. The fourth-order valence-electron chi connectivity index (χ4n) is 2.94. The number of aromatic nitrogens is 1. The van der Waals surface area contributed by atoms with E-state index in [2.05, 4.69) is 10.3 Å².